The van der Waals surface area contributed by atoms with Crippen LogP contribution in [0.15, 0.2) is 0 Å². The SMILES string of the molecule is CCCCCCCCCCCCCCCCCCN.O=S([O-])O. The molecule has 0 amide bonds. The quantitative estimate of drug-likeness (QED) is 0.282. The summed E-state index contributed by atoms with van der Waals surface area (Å²) in [5.41, 5.74) is 5.48. The third-order valence-corrected chi connectivity index (χ3v) is 4.06. The van der Waals surface area contributed by atoms with E-state index in [4.69, 9.17) is 19.0 Å². The van der Waals surface area contributed by atoms with Gasteiger partial charge in [-0.05, 0) is 13.0 Å². The molecule has 0 aromatic carbocycles. The monoisotopic (exact) mass is 350 g/mol. The molecule has 23 heavy (non-hydrogen) atoms. The highest BCUT2D eigenvalue weighted by atomic mass is 32.2. The molecule has 0 aliphatic carbocycles. The fourth-order valence-corrected chi connectivity index (χ4v) is 2.69. The summed E-state index contributed by atoms with van der Waals surface area (Å²) in [6, 6.07) is 0. The van der Waals surface area contributed by atoms with Gasteiger partial charge in [-0.15, -0.1) is 0 Å². The van der Waals surface area contributed by atoms with Crippen LogP contribution in [0.25, 0.3) is 0 Å². The van der Waals surface area contributed by atoms with Crippen LogP contribution < -0.4 is 5.73 Å². The largest absolute Gasteiger partial charge is 0.750 e. The summed E-state index contributed by atoms with van der Waals surface area (Å²) in [6.45, 7) is 3.16. The molecular weight excluding hydrogens is 310 g/mol. The van der Waals surface area contributed by atoms with Crippen LogP contribution in [-0.4, -0.2) is 19.9 Å². The maximum absolute atomic E-state index is 8.56. The lowest BCUT2D eigenvalue weighted by molar-refractivity contribution is 0.436. The Balaban J connectivity index is 0. The Labute approximate surface area is 147 Å². The zero-order chi connectivity index (χ0) is 17.6. The Hall–Kier alpha value is 0.0300. The molecule has 142 valence electrons. The molecule has 0 heterocycles. The molecule has 0 spiro atoms. The van der Waals surface area contributed by atoms with Crippen molar-refractivity contribution in [2.45, 2.75) is 110 Å². The normalized spacial score (nSPS) is 11.8. The van der Waals surface area contributed by atoms with Crippen LogP contribution in [0.2, 0.25) is 0 Å². The second-order valence-corrected chi connectivity index (χ2v) is 6.74. The number of nitrogens with two attached hydrogens (primary N) is 1. The van der Waals surface area contributed by atoms with E-state index in [9.17, 15) is 0 Å². The topological polar surface area (TPSA) is 86.4 Å². The molecule has 1 atom stereocenters. The van der Waals surface area contributed by atoms with Gasteiger partial charge in [0.1, 0.15) is 0 Å². The third-order valence-electron chi connectivity index (χ3n) is 4.06. The van der Waals surface area contributed by atoms with Crippen molar-refractivity contribution in [3.05, 3.63) is 0 Å². The van der Waals surface area contributed by atoms with Gasteiger partial charge in [0.2, 0.25) is 0 Å². The predicted molar refractivity (Wildman–Crippen MR) is 100 cm³/mol. The van der Waals surface area contributed by atoms with E-state index in [1.54, 1.807) is 0 Å². The van der Waals surface area contributed by atoms with Crippen molar-refractivity contribution in [2.24, 2.45) is 5.73 Å². The zero-order valence-electron chi connectivity index (χ0n) is 15.3. The minimum absolute atomic E-state index is 0.873. The molecule has 0 rings (SSSR count). The smallest absolute Gasteiger partial charge is 0.0814 e. The van der Waals surface area contributed by atoms with E-state index in [2.05, 4.69) is 6.92 Å². The second kappa shape index (κ2) is 24.3. The lowest BCUT2D eigenvalue weighted by Crippen LogP contribution is -1.97. The van der Waals surface area contributed by atoms with Crippen LogP contribution in [0.3, 0.4) is 0 Å². The highest BCUT2D eigenvalue weighted by molar-refractivity contribution is 7.73. The van der Waals surface area contributed by atoms with Gasteiger partial charge in [-0.3, -0.25) is 0 Å². The Bertz CT molecular complexity index is 208. The summed E-state index contributed by atoms with van der Waals surface area (Å²) in [6.07, 6.45) is 22.9. The van der Waals surface area contributed by atoms with Gasteiger partial charge >= 0.3 is 0 Å². The summed E-state index contributed by atoms with van der Waals surface area (Å²) < 4.78 is 24.1. The van der Waals surface area contributed by atoms with Crippen LogP contribution in [0, 0.1) is 0 Å². The van der Waals surface area contributed by atoms with Gasteiger partial charge in [-0.25, -0.2) is 4.21 Å². The number of unbranched alkanes of at least 4 members (excludes halogenated alkanes) is 15. The molecule has 4 nitrogen and oxygen atoms in total. The lowest BCUT2D eigenvalue weighted by Gasteiger charge is -2.03. The maximum atomic E-state index is 8.56. The first-order valence-corrected chi connectivity index (χ1v) is 10.7. The molecule has 0 aromatic heterocycles. The van der Waals surface area contributed by atoms with Gasteiger partial charge < -0.3 is 14.8 Å². The average Bonchev–Trinajstić information content (AvgIpc) is 2.50. The lowest BCUT2D eigenvalue weighted by atomic mass is 10.0. The van der Waals surface area contributed by atoms with E-state index in [0.717, 1.165) is 6.54 Å². The Morgan fingerprint density at radius 1 is 0.696 bits per heavy atom. The van der Waals surface area contributed by atoms with Crippen molar-refractivity contribution in [3.63, 3.8) is 0 Å². The van der Waals surface area contributed by atoms with Crippen LogP contribution in [0.4, 0.5) is 0 Å². The highest BCUT2D eigenvalue weighted by Crippen LogP contribution is 2.13. The van der Waals surface area contributed by atoms with Crippen LogP contribution >= 0.6 is 0 Å². The van der Waals surface area contributed by atoms with Crippen molar-refractivity contribution >= 4 is 11.4 Å². The molecule has 0 saturated carbocycles. The van der Waals surface area contributed by atoms with E-state index in [0.29, 0.717) is 0 Å². The minimum atomic E-state index is -2.86. The summed E-state index contributed by atoms with van der Waals surface area (Å²) in [5, 5.41) is 0. The van der Waals surface area contributed by atoms with E-state index in [-0.39, 0.29) is 0 Å². The van der Waals surface area contributed by atoms with Crippen LogP contribution in [0.5, 0.6) is 0 Å². The molecule has 3 N–H and O–H groups in total. The molecule has 0 bridgehead atoms. The molecule has 0 saturated heterocycles. The molecule has 0 fully saturated rings. The van der Waals surface area contributed by atoms with E-state index < -0.39 is 11.4 Å². The molecule has 1 unspecified atom stereocenters. The molecular formula is C18H40NO3S-. The van der Waals surface area contributed by atoms with Crippen molar-refractivity contribution in [1.82, 2.24) is 0 Å². The number of rotatable bonds is 16. The fraction of sp³-hybridized carbons (Fsp3) is 1.00. The van der Waals surface area contributed by atoms with E-state index >= 15 is 0 Å². The Morgan fingerprint density at radius 2 is 0.913 bits per heavy atom. The molecule has 5 heteroatoms. The summed E-state index contributed by atoms with van der Waals surface area (Å²) >= 11 is -2.86. The molecule has 0 aliphatic rings. The highest BCUT2D eigenvalue weighted by Gasteiger charge is 1.94. The van der Waals surface area contributed by atoms with Crippen LogP contribution in [-0.2, 0) is 11.4 Å². The number of hydrogen-bond acceptors (Lipinski definition) is 3. The second-order valence-electron chi connectivity index (χ2n) is 6.31. The standard InChI is InChI=1S/C18H39N.H2O3S/c1-2-3-4-5-6-7-8-9-10-11-12-13-14-15-16-17-18-19;1-4(2)3/h2-19H2,1H3;(H2,1,2,3)/p-1. The summed E-state index contributed by atoms with van der Waals surface area (Å²) in [5.74, 6) is 0. The zero-order valence-corrected chi connectivity index (χ0v) is 16.1. The Morgan fingerprint density at radius 3 is 1.13 bits per heavy atom. The van der Waals surface area contributed by atoms with Crippen molar-refractivity contribution < 1.29 is 13.3 Å². The summed E-state index contributed by atoms with van der Waals surface area (Å²) in [4.78, 5) is 0. The van der Waals surface area contributed by atoms with Gasteiger partial charge in [0, 0.05) is 0 Å². The van der Waals surface area contributed by atoms with Crippen LogP contribution in [0.1, 0.15) is 110 Å². The first kappa shape index (κ1) is 25.3. The maximum Gasteiger partial charge on any atom is 0.0814 e. The Kier molecular flexibility index (Phi) is 26.7. The third kappa shape index (κ3) is 34.4. The van der Waals surface area contributed by atoms with Crippen molar-refractivity contribution in [2.75, 3.05) is 6.54 Å². The summed E-state index contributed by atoms with van der Waals surface area (Å²) in [7, 11) is 0. The minimum Gasteiger partial charge on any atom is -0.750 e. The predicted octanol–water partition coefficient (Wildman–Crippen LogP) is 5.55. The first-order valence-electron chi connectivity index (χ1n) is 9.63. The van der Waals surface area contributed by atoms with Gasteiger partial charge in [0.05, 0.1) is 11.4 Å². The fourth-order valence-electron chi connectivity index (χ4n) is 2.69. The van der Waals surface area contributed by atoms with Gasteiger partial charge in [0.15, 0.2) is 0 Å². The van der Waals surface area contributed by atoms with Crippen molar-refractivity contribution in [1.29, 1.82) is 0 Å². The average molecular weight is 351 g/mol. The van der Waals surface area contributed by atoms with Crippen molar-refractivity contribution in [3.8, 4) is 0 Å². The first-order chi connectivity index (χ1) is 11.1. The molecule has 0 radical (unpaired) electrons. The number of hydrogen-bond donors (Lipinski definition) is 2. The van der Waals surface area contributed by atoms with E-state index in [1.165, 1.54) is 103 Å². The molecule has 0 aliphatic heterocycles. The van der Waals surface area contributed by atoms with E-state index in [1.807, 2.05) is 0 Å². The van der Waals surface area contributed by atoms with Gasteiger partial charge in [-0.1, -0.05) is 103 Å². The van der Waals surface area contributed by atoms with Gasteiger partial charge in [0.25, 0.3) is 0 Å². The molecule has 0 aromatic rings. The van der Waals surface area contributed by atoms with Gasteiger partial charge in [-0.2, -0.15) is 0 Å².